The Balaban J connectivity index is 1.45. The lowest BCUT2D eigenvalue weighted by molar-refractivity contribution is -0.185. The van der Waals surface area contributed by atoms with Crippen molar-refractivity contribution in [2.45, 2.75) is 62.9 Å². The molecule has 1 saturated carbocycles. The van der Waals surface area contributed by atoms with Crippen LogP contribution in [0.1, 0.15) is 37.7 Å². The van der Waals surface area contributed by atoms with Crippen molar-refractivity contribution in [3.63, 3.8) is 0 Å². The second-order valence-electron chi connectivity index (χ2n) is 7.22. The van der Waals surface area contributed by atoms with E-state index in [0.29, 0.717) is 12.1 Å². The molecule has 3 nitrogen and oxygen atoms in total. The molecule has 0 unspecified atom stereocenters. The normalized spacial score (nSPS) is 42.2. The van der Waals surface area contributed by atoms with E-state index >= 15 is 0 Å². The monoisotopic (exact) mass is 284 g/mol. The first-order chi connectivity index (χ1) is 10.4. The molecule has 0 amide bonds. The molecule has 3 heterocycles. The summed E-state index contributed by atoms with van der Waals surface area (Å²) < 4.78 is 0. The van der Waals surface area contributed by atoms with E-state index < -0.39 is 0 Å². The smallest absolute Gasteiger partial charge is 0.0853 e. The van der Waals surface area contributed by atoms with E-state index in [4.69, 9.17) is 4.84 Å². The molecule has 21 heavy (non-hydrogen) atoms. The third-order valence-corrected chi connectivity index (χ3v) is 6.20. The van der Waals surface area contributed by atoms with E-state index in [-0.39, 0.29) is 0 Å². The van der Waals surface area contributed by atoms with E-state index in [2.05, 4.69) is 40.3 Å². The standard InChI is InChI=1S/C18H24N2O/c1-2-6-13(7-3-1)12-20-18-15-9-5-11-19(15)14-8-4-10-16(21-20)17(14)18/h1-3,6-7,14-18H,4-5,8-12H2/t14-,15+,16+,17-,18-/m1/s1. The number of rotatable bonds is 2. The summed E-state index contributed by atoms with van der Waals surface area (Å²) in [6.07, 6.45) is 7.26. The van der Waals surface area contributed by atoms with Crippen molar-refractivity contribution in [1.29, 1.82) is 0 Å². The highest BCUT2D eigenvalue weighted by Gasteiger charge is 2.60. The maximum atomic E-state index is 6.42. The van der Waals surface area contributed by atoms with Crippen molar-refractivity contribution >= 4 is 0 Å². The van der Waals surface area contributed by atoms with Crippen molar-refractivity contribution in [3.8, 4) is 0 Å². The molecule has 5 rings (SSSR count). The Kier molecular flexibility index (Phi) is 2.89. The third-order valence-electron chi connectivity index (χ3n) is 6.20. The maximum Gasteiger partial charge on any atom is 0.0853 e. The van der Waals surface area contributed by atoms with Gasteiger partial charge in [-0.2, -0.15) is 5.06 Å². The van der Waals surface area contributed by atoms with Gasteiger partial charge in [0.2, 0.25) is 0 Å². The molecule has 0 spiro atoms. The van der Waals surface area contributed by atoms with Gasteiger partial charge in [0.15, 0.2) is 0 Å². The summed E-state index contributed by atoms with van der Waals surface area (Å²) in [7, 11) is 0. The van der Waals surface area contributed by atoms with Crippen molar-refractivity contribution < 1.29 is 4.84 Å². The lowest BCUT2D eigenvalue weighted by Crippen LogP contribution is -2.41. The average Bonchev–Trinajstić information content (AvgIpc) is 3.17. The Labute approximate surface area is 126 Å². The van der Waals surface area contributed by atoms with E-state index in [1.807, 2.05) is 0 Å². The molecule has 3 saturated heterocycles. The molecule has 0 N–H and O–H groups in total. The summed E-state index contributed by atoms with van der Waals surface area (Å²) in [5.74, 6) is 0.771. The Morgan fingerprint density at radius 2 is 1.86 bits per heavy atom. The number of hydroxylamine groups is 2. The second kappa shape index (κ2) is 4.80. The summed E-state index contributed by atoms with van der Waals surface area (Å²) in [4.78, 5) is 9.25. The summed E-state index contributed by atoms with van der Waals surface area (Å²) in [5, 5.41) is 2.36. The summed E-state index contributed by atoms with van der Waals surface area (Å²) in [6, 6.07) is 13.0. The number of hydrogen-bond donors (Lipinski definition) is 0. The van der Waals surface area contributed by atoms with Gasteiger partial charge in [0.05, 0.1) is 12.1 Å². The lowest BCUT2D eigenvalue weighted by atomic mass is 9.80. The van der Waals surface area contributed by atoms with Crippen LogP contribution in [0, 0.1) is 5.92 Å². The van der Waals surface area contributed by atoms with Crippen LogP contribution in [0.4, 0.5) is 0 Å². The van der Waals surface area contributed by atoms with Gasteiger partial charge in [-0.25, -0.2) is 0 Å². The van der Waals surface area contributed by atoms with E-state index in [1.54, 1.807) is 0 Å². The van der Waals surface area contributed by atoms with E-state index in [1.165, 1.54) is 44.2 Å². The van der Waals surface area contributed by atoms with Crippen LogP contribution in [-0.4, -0.2) is 40.7 Å². The van der Waals surface area contributed by atoms with Crippen molar-refractivity contribution in [2.24, 2.45) is 5.92 Å². The first kappa shape index (κ1) is 12.6. The van der Waals surface area contributed by atoms with Gasteiger partial charge >= 0.3 is 0 Å². The molecule has 5 atom stereocenters. The van der Waals surface area contributed by atoms with Crippen LogP contribution < -0.4 is 0 Å². The summed E-state index contributed by atoms with van der Waals surface area (Å²) in [5.41, 5.74) is 1.38. The summed E-state index contributed by atoms with van der Waals surface area (Å²) in [6.45, 7) is 2.28. The SMILES string of the molecule is c1ccc(CN2O[C@H]3CCC[C@@H]4[C@H]3[C@H]2[C@@H]2CCCN42)cc1. The van der Waals surface area contributed by atoms with Crippen molar-refractivity contribution in [1.82, 2.24) is 9.96 Å². The Morgan fingerprint density at radius 1 is 1.00 bits per heavy atom. The Bertz CT molecular complexity index is 519. The molecule has 112 valence electrons. The highest BCUT2D eigenvalue weighted by molar-refractivity contribution is 5.17. The Hall–Kier alpha value is -0.900. The minimum absolute atomic E-state index is 0.489. The van der Waals surface area contributed by atoms with Crippen LogP contribution in [0.15, 0.2) is 30.3 Å². The van der Waals surface area contributed by atoms with Crippen molar-refractivity contribution in [2.75, 3.05) is 6.54 Å². The third kappa shape index (κ3) is 1.84. The molecule has 0 aromatic heterocycles. The number of fused-ring (bicyclic) bond motifs is 3. The van der Waals surface area contributed by atoms with Gasteiger partial charge in [0.1, 0.15) is 0 Å². The highest BCUT2D eigenvalue weighted by Crippen LogP contribution is 2.51. The molecule has 3 aliphatic heterocycles. The number of nitrogens with zero attached hydrogens (tertiary/aromatic N) is 2. The van der Waals surface area contributed by atoms with Gasteiger partial charge in [0.25, 0.3) is 0 Å². The van der Waals surface area contributed by atoms with Gasteiger partial charge in [0, 0.05) is 24.5 Å². The van der Waals surface area contributed by atoms with Crippen molar-refractivity contribution in [3.05, 3.63) is 35.9 Å². The fourth-order valence-corrected chi connectivity index (χ4v) is 5.50. The van der Waals surface area contributed by atoms with Crippen LogP contribution in [0.2, 0.25) is 0 Å². The molecule has 0 radical (unpaired) electrons. The maximum absolute atomic E-state index is 6.42. The quantitative estimate of drug-likeness (QED) is 0.830. The molecule has 4 aliphatic rings. The first-order valence-corrected chi connectivity index (χ1v) is 8.65. The highest BCUT2D eigenvalue weighted by atomic mass is 16.7. The molecular formula is C18H24N2O. The largest absolute Gasteiger partial charge is 0.295 e. The lowest BCUT2D eigenvalue weighted by Gasteiger charge is -2.34. The van der Waals surface area contributed by atoms with Gasteiger partial charge in [-0.05, 0) is 44.2 Å². The van der Waals surface area contributed by atoms with Gasteiger partial charge in [-0.1, -0.05) is 30.3 Å². The zero-order valence-electron chi connectivity index (χ0n) is 12.5. The predicted octanol–water partition coefficient (Wildman–Crippen LogP) is 2.82. The van der Waals surface area contributed by atoms with E-state index in [9.17, 15) is 0 Å². The van der Waals surface area contributed by atoms with Crippen LogP contribution in [0.25, 0.3) is 0 Å². The average molecular weight is 284 g/mol. The predicted molar refractivity (Wildman–Crippen MR) is 81.5 cm³/mol. The van der Waals surface area contributed by atoms with Crippen LogP contribution in [-0.2, 0) is 11.4 Å². The zero-order chi connectivity index (χ0) is 13.8. The van der Waals surface area contributed by atoms with Crippen LogP contribution >= 0.6 is 0 Å². The zero-order valence-corrected chi connectivity index (χ0v) is 12.5. The number of benzene rings is 1. The van der Waals surface area contributed by atoms with Crippen LogP contribution in [0.3, 0.4) is 0 Å². The first-order valence-electron chi connectivity index (χ1n) is 8.65. The Morgan fingerprint density at radius 3 is 2.76 bits per heavy atom. The van der Waals surface area contributed by atoms with Crippen LogP contribution in [0.5, 0.6) is 0 Å². The molecule has 1 aliphatic carbocycles. The number of hydrogen-bond acceptors (Lipinski definition) is 3. The molecule has 1 aromatic rings. The van der Waals surface area contributed by atoms with E-state index in [0.717, 1.165) is 24.5 Å². The fraction of sp³-hybridized carbons (Fsp3) is 0.667. The molecule has 4 fully saturated rings. The summed E-state index contributed by atoms with van der Waals surface area (Å²) >= 11 is 0. The van der Waals surface area contributed by atoms with Gasteiger partial charge in [-0.3, -0.25) is 9.74 Å². The topological polar surface area (TPSA) is 15.7 Å². The molecule has 3 heteroatoms. The minimum atomic E-state index is 0.489. The van der Waals surface area contributed by atoms with Gasteiger partial charge in [-0.15, -0.1) is 0 Å². The second-order valence-corrected chi connectivity index (χ2v) is 7.22. The minimum Gasteiger partial charge on any atom is -0.295 e. The fourth-order valence-electron chi connectivity index (χ4n) is 5.50. The van der Waals surface area contributed by atoms with Gasteiger partial charge < -0.3 is 0 Å². The molecular weight excluding hydrogens is 260 g/mol. The molecule has 1 aromatic carbocycles. The molecule has 0 bridgehead atoms.